The van der Waals surface area contributed by atoms with Crippen molar-refractivity contribution in [2.45, 2.75) is 20.4 Å². The standard InChI is InChI=1S/C17H28FN3O/c1-3-21(4-2)17-13-15(5-6-16(17)18)14-19-7-8-20-9-11-22-12-10-20/h5-6,13,19H,3-4,7-12,14H2,1-2H3. The molecular formula is C17H28FN3O. The second-order valence-electron chi connectivity index (χ2n) is 5.59. The molecule has 124 valence electrons. The number of nitrogens with one attached hydrogen (secondary N) is 1. The van der Waals surface area contributed by atoms with E-state index in [1.807, 2.05) is 17.0 Å². The molecule has 0 aliphatic carbocycles. The van der Waals surface area contributed by atoms with Crippen molar-refractivity contribution < 1.29 is 9.13 Å². The Kier molecular flexibility index (Phi) is 7.09. The number of nitrogens with zero attached hydrogens (tertiary/aromatic N) is 2. The fraction of sp³-hybridized carbons (Fsp3) is 0.647. The van der Waals surface area contributed by atoms with E-state index in [0.29, 0.717) is 5.69 Å². The van der Waals surface area contributed by atoms with Crippen LogP contribution in [0.25, 0.3) is 0 Å². The van der Waals surface area contributed by atoms with Crippen molar-refractivity contribution in [3.63, 3.8) is 0 Å². The molecule has 0 saturated carbocycles. The Hall–Kier alpha value is -1.17. The summed E-state index contributed by atoms with van der Waals surface area (Å²) < 4.78 is 19.3. The van der Waals surface area contributed by atoms with E-state index >= 15 is 0 Å². The van der Waals surface area contributed by atoms with Gasteiger partial charge in [-0.05, 0) is 31.5 Å². The molecule has 5 heteroatoms. The number of hydrogen-bond acceptors (Lipinski definition) is 4. The lowest BCUT2D eigenvalue weighted by molar-refractivity contribution is 0.0384. The zero-order valence-electron chi connectivity index (χ0n) is 13.8. The van der Waals surface area contributed by atoms with Crippen molar-refractivity contribution in [1.82, 2.24) is 10.2 Å². The molecule has 4 nitrogen and oxygen atoms in total. The van der Waals surface area contributed by atoms with Gasteiger partial charge in [0.25, 0.3) is 0 Å². The van der Waals surface area contributed by atoms with Gasteiger partial charge in [-0.15, -0.1) is 0 Å². The maximum atomic E-state index is 13.9. The van der Waals surface area contributed by atoms with Gasteiger partial charge in [0.15, 0.2) is 0 Å². The molecule has 0 amide bonds. The summed E-state index contributed by atoms with van der Waals surface area (Å²) in [6, 6.07) is 5.40. The van der Waals surface area contributed by atoms with Gasteiger partial charge in [0.05, 0.1) is 18.9 Å². The SMILES string of the molecule is CCN(CC)c1cc(CNCCN2CCOCC2)ccc1F. The summed E-state index contributed by atoms with van der Waals surface area (Å²) in [4.78, 5) is 4.45. The van der Waals surface area contributed by atoms with Crippen LogP contribution in [0.3, 0.4) is 0 Å². The van der Waals surface area contributed by atoms with Gasteiger partial charge < -0.3 is 15.0 Å². The highest BCUT2D eigenvalue weighted by Gasteiger charge is 2.10. The molecule has 1 heterocycles. The van der Waals surface area contributed by atoms with Gasteiger partial charge in [0.2, 0.25) is 0 Å². The minimum absolute atomic E-state index is 0.138. The molecule has 1 aromatic rings. The third-order valence-corrected chi connectivity index (χ3v) is 4.15. The number of morpholine rings is 1. The number of anilines is 1. The molecule has 1 fully saturated rings. The lowest BCUT2D eigenvalue weighted by Crippen LogP contribution is -2.40. The van der Waals surface area contributed by atoms with Gasteiger partial charge in [0, 0.05) is 45.8 Å². The van der Waals surface area contributed by atoms with E-state index in [4.69, 9.17) is 4.74 Å². The zero-order chi connectivity index (χ0) is 15.8. The monoisotopic (exact) mass is 309 g/mol. The highest BCUT2D eigenvalue weighted by atomic mass is 19.1. The van der Waals surface area contributed by atoms with Crippen LogP contribution in [0, 0.1) is 5.82 Å². The maximum absolute atomic E-state index is 13.9. The predicted octanol–water partition coefficient (Wildman–Crippen LogP) is 2.09. The second-order valence-corrected chi connectivity index (χ2v) is 5.59. The second kappa shape index (κ2) is 9.08. The van der Waals surface area contributed by atoms with E-state index in [-0.39, 0.29) is 5.82 Å². The van der Waals surface area contributed by atoms with Crippen molar-refractivity contribution in [3.8, 4) is 0 Å². The summed E-state index contributed by atoms with van der Waals surface area (Å²) in [5.74, 6) is -0.138. The van der Waals surface area contributed by atoms with Crippen LogP contribution in [-0.4, -0.2) is 57.4 Å². The van der Waals surface area contributed by atoms with Crippen LogP contribution >= 0.6 is 0 Å². The Labute approximate surface area is 133 Å². The fourth-order valence-corrected chi connectivity index (χ4v) is 2.77. The molecule has 1 N–H and O–H groups in total. The molecule has 0 radical (unpaired) electrons. The van der Waals surface area contributed by atoms with E-state index in [1.165, 1.54) is 0 Å². The van der Waals surface area contributed by atoms with Crippen molar-refractivity contribution >= 4 is 5.69 Å². The lowest BCUT2D eigenvalue weighted by atomic mass is 10.1. The quantitative estimate of drug-likeness (QED) is 0.744. The average molecular weight is 309 g/mol. The average Bonchev–Trinajstić information content (AvgIpc) is 2.56. The van der Waals surface area contributed by atoms with E-state index in [1.54, 1.807) is 6.07 Å². The van der Waals surface area contributed by atoms with E-state index in [9.17, 15) is 4.39 Å². The van der Waals surface area contributed by atoms with Crippen LogP contribution in [0.15, 0.2) is 18.2 Å². The number of halogens is 1. The van der Waals surface area contributed by atoms with Crippen LogP contribution in [0.1, 0.15) is 19.4 Å². The minimum atomic E-state index is -0.138. The van der Waals surface area contributed by atoms with Gasteiger partial charge in [0.1, 0.15) is 5.82 Å². The molecule has 22 heavy (non-hydrogen) atoms. The molecule has 0 spiro atoms. The molecular weight excluding hydrogens is 281 g/mol. The number of benzene rings is 1. The first kappa shape index (κ1) is 17.2. The third-order valence-electron chi connectivity index (χ3n) is 4.15. The van der Waals surface area contributed by atoms with Gasteiger partial charge in [-0.1, -0.05) is 6.07 Å². The molecule has 1 aromatic carbocycles. The Bertz CT molecular complexity index is 446. The molecule has 1 saturated heterocycles. The topological polar surface area (TPSA) is 27.7 Å². The normalized spacial score (nSPS) is 16.0. The number of hydrogen-bond donors (Lipinski definition) is 1. The highest BCUT2D eigenvalue weighted by Crippen LogP contribution is 2.20. The van der Waals surface area contributed by atoms with Crippen LogP contribution < -0.4 is 10.2 Å². The van der Waals surface area contributed by atoms with Crippen LogP contribution in [0.5, 0.6) is 0 Å². The summed E-state index contributed by atoms with van der Waals surface area (Å²) in [6.07, 6.45) is 0. The fourth-order valence-electron chi connectivity index (χ4n) is 2.77. The van der Waals surface area contributed by atoms with Gasteiger partial charge in [-0.2, -0.15) is 0 Å². The summed E-state index contributed by atoms with van der Waals surface area (Å²) in [5.41, 5.74) is 1.84. The van der Waals surface area contributed by atoms with Crippen LogP contribution in [-0.2, 0) is 11.3 Å². The molecule has 0 aromatic heterocycles. The van der Waals surface area contributed by atoms with Gasteiger partial charge in [-0.3, -0.25) is 4.90 Å². The van der Waals surface area contributed by atoms with Crippen LogP contribution in [0.2, 0.25) is 0 Å². The molecule has 1 aliphatic rings. The Morgan fingerprint density at radius 3 is 2.64 bits per heavy atom. The smallest absolute Gasteiger partial charge is 0.146 e. The number of ether oxygens (including phenoxy) is 1. The number of rotatable bonds is 8. The largest absolute Gasteiger partial charge is 0.379 e. The Morgan fingerprint density at radius 1 is 1.23 bits per heavy atom. The van der Waals surface area contributed by atoms with Crippen molar-refractivity contribution in [3.05, 3.63) is 29.6 Å². The van der Waals surface area contributed by atoms with E-state index in [2.05, 4.69) is 24.1 Å². The summed E-state index contributed by atoms with van der Waals surface area (Å²) in [6.45, 7) is 12.2. The molecule has 0 atom stereocenters. The van der Waals surface area contributed by atoms with Gasteiger partial charge >= 0.3 is 0 Å². The molecule has 1 aliphatic heterocycles. The predicted molar refractivity (Wildman–Crippen MR) is 88.9 cm³/mol. The van der Waals surface area contributed by atoms with E-state index in [0.717, 1.165) is 64.6 Å². The molecule has 2 rings (SSSR count). The first-order valence-corrected chi connectivity index (χ1v) is 8.28. The van der Waals surface area contributed by atoms with Crippen molar-refractivity contribution in [2.24, 2.45) is 0 Å². The Morgan fingerprint density at radius 2 is 1.95 bits per heavy atom. The first-order chi connectivity index (χ1) is 10.7. The van der Waals surface area contributed by atoms with Crippen molar-refractivity contribution in [1.29, 1.82) is 0 Å². The summed E-state index contributed by atoms with van der Waals surface area (Å²) in [7, 11) is 0. The van der Waals surface area contributed by atoms with Crippen molar-refractivity contribution in [2.75, 3.05) is 57.4 Å². The van der Waals surface area contributed by atoms with E-state index < -0.39 is 0 Å². The van der Waals surface area contributed by atoms with Gasteiger partial charge in [-0.25, -0.2) is 4.39 Å². The zero-order valence-corrected chi connectivity index (χ0v) is 13.8. The Balaban J connectivity index is 1.81. The summed E-state index contributed by atoms with van der Waals surface area (Å²) in [5, 5.41) is 3.45. The highest BCUT2D eigenvalue weighted by molar-refractivity contribution is 5.49. The molecule has 0 bridgehead atoms. The van der Waals surface area contributed by atoms with Crippen LogP contribution in [0.4, 0.5) is 10.1 Å². The third kappa shape index (κ3) is 4.93. The molecule has 0 unspecified atom stereocenters. The lowest BCUT2D eigenvalue weighted by Gasteiger charge is -2.26. The first-order valence-electron chi connectivity index (χ1n) is 8.28. The summed E-state index contributed by atoms with van der Waals surface area (Å²) >= 11 is 0. The maximum Gasteiger partial charge on any atom is 0.146 e. The minimum Gasteiger partial charge on any atom is -0.379 e.